The van der Waals surface area contributed by atoms with Crippen molar-refractivity contribution in [1.82, 2.24) is 19.4 Å². The number of ether oxygens (including phenoxy) is 1. The number of pyridine rings is 1. The van der Waals surface area contributed by atoms with Gasteiger partial charge in [0.05, 0.1) is 23.6 Å². The molecule has 4 rings (SSSR count). The van der Waals surface area contributed by atoms with Crippen LogP contribution in [-0.2, 0) is 9.53 Å². The summed E-state index contributed by atoms with van der Waals surface area (Å²) in [5.74, 6) is 0.888. The first-order chi connectivity index (χ1) is 17.0. The van der Waals surface area contributed by atoms with Crippen LogP contribution in [0.4, 0.5) is 5.82 Å². The van der Waals surface area contributed by atoms with Gasteiger partial charge in [-0.15, -0.1) is 0 Å². The molecule has 0 atom stereocenters. The Morgan fingerprint density at radius 2 is 1.91 bits per heavy atom. The van der Waals surface area contributed by atoms with Crippen molar-refractivity contribution < 1.29 is 14.3 Å². The second kappa shape index (κ2) is 11.4. The quantitative estimate of drug-likeness (QED) is 0.365. The Morgan fingerprint density at radius 1 is 1.06 bits per heavy atom. The van der Waals surface area contributed by atoms with Gasteiger partial charge in [-0.25, -0.2) is 14.8 Å². The Balaban J connectivity index is 1.34. The molecule has 3 heterocycles. The zero-order valence-electron chi connectivity index (χ0n) is 20.4. The average molecular weight is 494 g/mol. The van der Waals surface area contributed by atoms with E-state index in [1.807, 2.05) is 23.2 Å². The number of carbonyl (C=O) groups is 2. The summed E-state index contributed by atoms with van der Waals surface area (Å²) < 4.78 is 7.07. The summed E-state index contributed by atoms with van der Waals surface area (Å²) in [4.78, 5) is 37.9. The Hall–Kier alpha value is -3.33. The maximum atomic E-state index is 13.0. The molecule has 0 aliphatic carbocycles. The van der Waals surface area contributed by atoms with Crippen LogP contribution in [0.1, 0.15) is 34.8 Å². The highest BCUT2D eigenvalue weighted by molar-refractivity contribution is 7.99. The number of hydrogen-bond donors (Lipinski definition) is 0. The van der Waals surface area contributed by atoms with Crippen molar-refractivity contribution in [2.75, 3.05) is 43.4 Å². The first kappa shape index (κ1) is 24.8. The van der Waals surface area contributed by atoms with Gasteiger partial charge in [0.25, 0.3) is 0 Å². The first-order valence-corrected chi connectivity index (χ1v) is 12.8. The van der Waals surface area contributed by atoms with Crippen molar-refractivity contribution in [3.05, 3.63) is 65.6 Å². The average Bonchev–Trinajstić information content (AvgIpc) is 3.19. The van der Waals surface area contributed by atoms with Gasteiger partial charge in [-0.2, -0.15) is 0 Å². The molecule has 0 radical (unpaired) electrons. The van der Waals surface area contributed by atoms with Gasteiger partial charge in [-0.05, 0) is 56.5 Å². The molecule has 1 aliphatic rings. The highest BCUT2D eigenvalue weighted by Gasteiger charge is 2.21. The molecular formula is C26H31N5O3S. The maximum absolute atomic E-state index is 13.0. The Labute approximate surface area is 210 Å². The molecule has 3 aromatic rings. The third kappa shape index (κ3) is 5.85. The Bertz CT molecular complexity index is 1180. The third-order valence-corrected chi connectivity index (χ3v) is 7.15. The molecule has 1 aromatic carbocycles. The Kier molecular flexibility index (Phi) is 8.07. The molecule has 2 aromatic heterocycles. The molecule has 1 aliphatic heterocycles. The molecule has 1 amide bonds. The smallest absolute Gasteiger partial charge is 0.339 e. The minimum absolute atomic E-state index is 0.109. The number of rotatable bonds is 7. The lowest BCUT2D eigenvalue weighted by Gasteiger charge is -2.23. The topological polar surface area (TPSA) is 80.6 Å². The molecule has 8 nitrogen and oxygen atoms in total. The normalized spacial score (nSPS) is 14.0. The van der Waals surface area contributed by atoms with Crippen LogP contribution in [0.5, 0.6) is 0 Å². The van der Waals surface area contributed by atoms with Crippen LogP contribution in [0.25, 0.3) is 5.69 Å². The number of aryl methyl sites for hydroxylation is 1. The van der Waals surface area contributed by atoms with Gasteiger partial charge < -0.3 is 14.5 Å². The molecule has 0 N–H and O–H groups in total. The predicted molar refractivity (Wildman–Crippen MR) is 137 cm³/mol. The summed E-state index contributed by atoms with van der Waals surface area (Å²) in [6.45, 7) is 9.16. The summed E-state index contributed by atoms with van der Waals surface area (Å²) in [6, 6.07) is 9.79. The van der Waals surface area contributed by atoms with E-state index >= 15 is 0 Å². The van der Waals surface area contributed by atoms with Crippen LogP contribution in [-0.4, -0.2) is 69.9 Å². The molecule has 35 heavy (non-hydrogen) atoms. The zero-order valence-corrected chi connectivity index (χ0v) is 21.3. The molecule has 0 saturated carbocycles. The van der Waals surface area contributed by atoms with E-state index in [-0.39, 0.29) is 11.9 Å². The number of imidazole rings is 1. The minimum Gasteiger partial charge on any atom is -0.462 e. The van der Waals surface area contributed by atoms with E-state index in [1.165, 1.54) is 22.9 Å². The number of carbonyl (C=O) groups excluding carboxylic acids is 2. The molecular weight excluding hydrogens is 462 g/mol. The van der Waals surface area contributed by atoms with Crippen LogP contribution >= 0.6 is 11.8 Å². The lowest BCUT2D eigenvalue weighted by Crippen LogP contribution is -2.36. The van der Waals surface area contributed by atoms with Gasteiger partial charge in [0.15, 0.2) is 5.16 Å². The number of esters is 1. The number of amides is 1. The molecule has 184 valence electrons. The summed E-state index contributed by atoms with van der Waals surface area (Å²) >= 11 is 1.47. The largest absolute Gasteiger partial charge is 0.462 e. The molecule has 1 fully saturated rings. The van der Waals surface area contributed by atoms with E-state index in [0.717, 1.165) is 29.6 Å². The van der Waals surface area contributed by atoms with Crippen LogP contribution < -0.4 is 4.90 Å². The van der Waals surface area contributed by atoms with Gasteiger partial charge >= 0.3 is 5.97 Å². The van der Waals surface area contributed by atoms with Gasteiger partial charge in [0.1, 0.15) is 5.82 Å². The van der Waals surface area contributed by atoms with E-state index in [4.69, 9.17) is 4.74 Å². The van der Waals surface area contributed by atoms with E-state index in [9.17, 15) is 9.59 Å². The number of aromatic nitrogens is 3. The fraction of sp³-hybridized carbons (Fsp3) is 0.385. The van der Waals surface area contributed by atoms with E-state index in [2.05, 4.69) is 45.4 Å². The molecule has 0 bridgehead atoms. The fourth-order valence-corrected chi connectivity index (χ4v) is 4.97. The van der Waals surface area contributed by atoms with Crippen molar-refractivity contribution in [3.63, 3.8) is 0 Å². The van der Waals surface area contributed by atoms with Crippen LogP contribution in [0.2, 0.25) is 0 Å². The molecule has 1 saturated heterocycles. The number of hydrogen-bond acceptors (Lipinski definition) is 7. The van der Waals surface area contributed by atoms with Crippen molar-refractivity contribution >= 4 is 29.5 Å². The van der Waals surface area contributed by atoms with Crippen molar-refractivity contribution in [2.45, 2.75) is 32.3 Å². The van der Waals surface area contributed by atoms with Crippen LogP contribution in [0.15, 0.2) is 54.1 Å². The van der Waals surface area contributed by atoms with E-state index in [1.54, 1.807) is 25.4 Å². The SMILES string of the molecule is CCOC(=O)c1ccc(N2CCCN(C(=O)CSc3nccn3-c3cccc(C)c3C)CC2)nc1. The number of anilines is 1. The number of thioether (sulfide) groups is 1. The molecule has 9 heteroatoms. The van der Waals surface area contributed by atoms with Gasteiger partial charge in [-0.3, -0.25) is 9.36 Å². The number of benzene rings is 1. The van der Waals surface area contributed by atoms with Crippen molar-refractivity contribution in [1.29, 1.82) is 0 Å². The second-order valence-electron chi connectivity index (χ2n) is 8.43. The number of nitrogens with zero attached hydrogens (tertiary/aromatic N) is 5. The highest BCUT2D eigenvalue weighted by atomic mass is 32.2. The lowest BCUT2D eigenvalue weighted by molar-refractivity contribution is -0.128. The maximum Gasteiger partial charge on any atom is 0.339 e. The van der Waals surface area contributed by atoms with Crippen LogP contribution in [0.3, 0.4) is 0 Å². The third-order valence-electron chi connectivity index (χ3n) is 6.20. The summed E-state index contributed by atoms with van der Waals surface area (Å²) in [7, 11) is 0. The van der Waals surface area contributed by atoms with Gasteiger partial charge in [-0.1, -0.05) is 23.9 Å². The molecule has 0 spiro atoms. The van der Waals surface area contributed by atoms with Crippen molar-refractivity contribution in [2.24, 2.45) is 0 Å². The van der Waals surface area contributed by atoms with Crippen LogP contribution in [0, 0.1) is 13.8 Å². The molecule has 0 unspecified atom stereocenters. The van der Waals surface area contributed by atoms with Gasteiger partial charge in [0, 0.05) is 44.8 Å². The van der Waals surface area contributed by atoms with E-state index < -0.39 is 0 Å². The minimum atomic E-state index is -0.366. The zero-order chi connectivity index (χ0) is 24.8. The second-order valence-corrected chi connectivity index (χ2v) is 9.38. The van der Waals surface area contributed by atoms with Gasteiger partial charge in [0.2, 0.25) is 5.91 Å². The highest BCUT2D eigenvalue weighted by Crippen LogP contribution is 2.25. The standard InChI is InChI=1S/C26H31N5O3S/c1-4-34-25(33)21-9-10-23(28-17-21)29-12-6-13-30(16-15-29)24(32)18-35-26-27-11-14-31(26)22-8-5-7-19(2)20(22)3/h5,7-11,14,17H,4,6,12-13,15-16,18H2,1-3H3. The fourth-order valence-electron chi connectivity index (χ4n) is 4.10. The Morgan fingerprint density at radius 3 is 2.69 bits per heavy atom. The van der Waals surface area contributed by atoms with Crippen molar-refractivity contribution in [3.8, 4) is 5.69 Å². The summed E-state index contributed by atoms with van der Waals surface area (Å²) in [5.41, 5.74) is 3.96. The summed E-state index contributed by atoms with van der Waals surface area (Å²) in [6.07, 6.45) is 6.13. The van der Waals surface area contributed by atoms with E-state index in [0.29, 0.717) is 37.6 Å². The summed E-state index contributed by atoms with van der Waals surface area (Å²) in [5, 5.41) is 0.814. The lowest BCUT2D eigenvalue weighted by atomic mass is 10.1. The predicted octanol–water partition coefficient (Wildman–Crippen LogP) is 3.89. The first-order valence-electron chi connectivity index (χ1n) is 11.9. The monoisotopic (exact) mass is 493 g/mol.